The molecule has 0 atom stereocenters. The van der Waals surface area contributed by atoms with Gasteiger partial charge in [0.15, 0.2) is 0 Å². The molecule has 8 heteroatoms. The van der Waals surface area contributed by atoms with E-state index in [9.17, 15) is 4.79 Å². The van der Waals surface area contributed by atoms with E-state index in [1.165, 1.54) is 0 Å². The van der Waals surface area contributed by atoms with Crippen molar-refractivity contribution in [3.8, 4) is 5.75 Å². The van der Waals surface area contributed by atoms with Crippen molar-refractivity contribution in [3.63, 3.8) is 0 Å². The summed E-state index contributed by atoms with van der Waals surface area (Å²) in [5.41, 5.74) is 2.02. The molecule has 0 spiro atoms. The van der Waals surface area contributed by atoms with Crippen LogP contribution in [0.15, 0.2) is 53.5 Å². The van der Waals surface area contributed by atoms with E-state index in [4.69, 9.17) is 9.47 Å². The third-order valence-corrected chi connectivity index (χ3v) is 4.37. The lowest BCUT2D eigenvalue weighted by atomic mass is 10.2. The summed E-state index contributed by atoms with van der Waals surface area (Å²) in [7, 11) is 1.58. The highest BCUT2D eigenvalue weighted by molar-refractivity contribution is 6.04. The van der Waals surface area contributed by atoms with E-state index in [-0.39, 0.29) is 5.91 Å². The molecule has 2 aromatic carbocycles. The van der Waals surface area contributed by atoms with Crippen LogP contribution in [0.5, 0.6) is 5.75 Å². The zero-order valence-electron chi connectivity index (χ0n) is 14.9. The second-order valence-electron chi connectivity index (χ2n) is 6.03. The number of benzene rings is 2. The van der Waals surface area contributed by atoms with Gasteiger partial charge in [-0.05, 0) is 36.4 Å². The van der Waals surface area contributed by atoms with E-state index in [0.717, 1.165) is 11.0 Å². The van der Waals surface area contributed by atoms with Gasteiger partial charge in [-0.1, -0.05) is 17.3 Å². The molecule has 1 aliphatic rings. The Morgan fingerprint density at radius 1 is 1.11 bits per heavy atom. The van der Waals surface area contributed by atoms with E-state index < -0.39 is 0 Å². The summed E-state index contributed by atoms with van der Waals surface area (Å²) in [5, 5.41) is 8.41. The maximum atomic E-state index is 12.8. The van der Waals surface area contributed by atoms with Gasteiger partial charge in [0.05, 0.1) is 25.8 Å². The predicted octanol–water partition coefficient (Wildman–Crippen LogP) is 1.82. The van der Waals surface area contributed by atoms with Crippen molar-refractivity contribution in [2.45, 2.75) is 0 Å². The third kappa shape index (κ3) is 3.52. The van der Waals surface area contributed by atoms with Crippen molar-refractivity contribution in [1.82, 2.24) is 19.9 Å². The highest BCUT2D eigenvalue weighted by Gasteiger charge is 2.21. The molecule has 8 nitrogen and oxygen atoms in total. The molecule has 0 radical (unpaired) electrons. The molecule has 1 saturated heterocycles. The predicted molar refractivity (Wildman–Crippen MR) is 100 cm³/mol. The van der Waals surface area contributed by atoms with Crippen LogP contribution in [-0.4, -0.2) is 65.2 Å². The Balaban J connectivity index is 1.74. The van der Waals surface area contributed by atoms with Crippen molar-refractivity contribution >= 4 is 22.9 Å². The molecule has 0 N–H and O–H groups in total. The maximum Gasteiger partial charge on any atom is 0.280 e. The number of aliphatic imine (C=N–C) groups is 1. The second-order valence-corrected chi connectivity index (χ2v) is 6.03. The average molecular weight is 365 g/mol. The molecular formula is C19H19N5O3. The molecule has 2 heterocycles. The van der Waals surface area contributed by atoms with Crippen LogP contribution in [0, 0.1) is 0 Å². The Morgan fingerprint density at radius 2 is 1.85 bits per heavy atom. The number of hydrogen-bond donors (Lipinski definition) is 0. The van der Waals surface area contributed by atoms with Crippen LogP contribution in [0.25, 0.3) is 11.0 Å². The Bertz CT molecular complexity index is 974. The number of para-hydroxylation sites is 1. The van der Waals surface area contributed by atoms with Crippen LogP contribution < -0.4 is 4.74 Å². The number of rotatable bonds is 2. The summed E-state index contributed by atoms with van der Waals surface area (Å²) in [5.74, 6) is 0.790. The van der Waals surface area contributed by atoms with Crippen molar-refractivity contribution in [2.24, 2.45) is 4.99 Å². The average Bonchev–Trinajstić information content (AvgIpc) is 3.16. The van der Waals surface area contributed by atoms with Gasteiger partial charge in [-0.2, -0.15) is 9.67 Å². The van der Waals surface area contributed by atoms with Gasteiger partial charge in [0, 0.05) is 18.7 Å². The first-order valence-corrected chi connectivity index (χ1v) is 8.67. The zero-order valence-corrected chi connectivity index (χ0v) is 14.9. The number of nitrogens with zero attached hydrogens (tertiary/aromatic N) is 5. The SMILES string of the molecule is COc1ccc(C(=O)N=C(N2CCOCC2)n2nnc3ccccc32)cc1. The molecule has 0 aliphatic carbocycles. The molecule has 1 amide bonds. The van der Waals surface area contributed by atoms with E-state index in [1.807, 2.05) is 29.2 Å². The number of ether oxygens (including phenoxy) is 2. The molecule has 27 heavy (non-hydrogen) atoms. The summed E-state index contributed by atoms with van der Waals surface area (Å²) in [4.78, 5) is 19.2. The number of amides is 1. The van der Waals surface area contributed by atoms with Crippen molar-refractivity contribution in [3.05, 3.63) is 54.1 Å². The van der Waals surface area contributed by atoms with Crippen LogP contribution in [0.1, 0.15) is 10.4 Å². The highest BCUT2D eigenvalue weighted by Crippen LogP contribution is 2.15. The molecule has 0 saturated carbocycles. The Labute approximate surface area is 156 Å². The Kier molecular flexibility index (Phi) is 4.80. The minimum atomic E-state index is -0.348. The first kappa shape index (κ1) is 17.2. The number of aromatic nitrogens is 3. The molecule has 1 aliphatic heterocycles. The van der Waals surface area contributed by atoms with E-state index in [1.54, 1.807) is 36.1 Å². The van der Waals surface area contributed by atoms with Crippen molar-refractivity contribution in [2.75, 3.05) is 33.4 Å². The highest BCUT2D eigenvalue weighted by atomic mass is 16.5. The first-order valence-electron chi connectivity index (χ1n) is 8.67. The normalized spacial score (nSPS) is 15.1. The number of methoxy groups -OCH3 is 1. The molecule has 0 bridgehead atoms. The smallest absolute Gasteiger partial charge is 0.280 e. The van der Waals surface area contributed by atoms with Crippen molar-refractivity contribution < 1.29 is 14.3 Å². The topological polar surface area (TPSA) is 81.8 Å². The van der Waals surface area contributed by atoms with Gasteiger partial charge >= 0.3 is 0 Å². The number of carbonyl (C=O) groups is 1. The zero-order chi connectivity index (χ0) is 18.6. The summed E-state index contributed by atoms with van der Waals surface area (Å²) < 4.78 is 12.2. The molecule has 1 fully saturated rings. The lowest BCUT2D eigenvalue weighted by molar-refractivity contribution is 0.0660. The largest absolute Gasteiger partial charge is 0.497 e. The summed E-state index contributed by atoms with van der Waals surface area (Å²) in [6.07, 6.45) is 0. The first-order chi connectivity index (χ1) is 13.3. The fraction of sp³-hybridized carbons (Fsp3) is 0.263. The van der Waals surface area contributed by atoms with E-state index in [0.29, 0.717) is 43.6 Å². The van der Waals surface area contributed by atoms with Gasteiger partial charge in [0.1, 0.15) is 11.3 Å². The molecule has 3 aromatic rings. The summed E-state index contributed by atoms with van der Waals surface area (Å²) in [6, 6.07) is 14.5. The molecular weight excluding hydrogens is 346 g/mol. The van der Waals surface area contributed by atoms with Crippen LogP contribution in [0.2, 0.25) is 0 Å². The molecule has 1 aromatic heterocycles. The van der Waals surface area contributed by atoms with E-state index >= 15 is 0 Å². The lowest BCUT2D eigenvalue weighted by Crippen LogP contribution is -2.44. The standard InChI is InChI=1S/C19H19N5O3/c1-26-15-8-6-14(7-9-15)18(25)20-19(23-10-12-27-13-11-23)24-17-5-3-2-4-16(17)21-22-24/h2-9H,10-13H2,1H3. The van der Waals surface area contributed by atoms with Crippen LogP contribution >= 0.6 is 0 Å². The monoisotopic (exact) mass is 365 g/mol. The maximum absolute atomic E-state index is 12.8. The van der Waals surface area contributed by atoms with Gasteiger partial charge in [0.25, 0.3) is 5.91 Å². The fourth-order valence-electron chi connectivity index (χ4n) is 2.92. The quantitative estimate of drug-likeness (QED) is 0.509. The lowest BCUT2D eigenvalue weighted by Gasteiger charge is -2.29. The third-order valence-electron chi connectivity index (χ3n) is 4.37. The van der Waals surface area contributed by atoms with Gasteiger partial charge in [-0.3, -0.25) is 4.79 Å². The van der Waals surface area contributed by atoms with Gasteiger partial charge in [0.2, 0.25) is 5.96 Å². The summed E-state index contributed by atoms with van der Waals surface area (Å²) in [6.45, 7) is 2.40. The molecule has 4 rings (SSSR count). The molecule has 138 valence electrons. The fourth-order valence-corrected chi connectivity index (χ4v) is 2.92. The number of hydrogen-bond acceptors (Lipinski definition) is 5. The van der Waals surface area contributed by atoms with Crippen molar-refractivity contribution in [1.29, 1.82) is 0 Å². The minimum Gasteiger partial charge on any atom is -0.497 e. The van der Waals surface area contributed by atoms with Gasteiger partial charge < -0.3 is 14.4 Å². The molecule has 0 unspecified atom stereocenters. The van der Waals surface area contributed by atoms with Gasteiger partial charge in [-0.15, -0.1) is 5.10 Å². The van der Waals surface area contributed by atoms with E-state index in [2.05, 4.69) is 15.3 Å². The summed E-state index contributed by atoms with van der Waals surface area (Å²) >= 11 is 0. The van der Waals surface area contributed by atoms with Crippen LogP contribution in [-0.2, 0) is 4.74 Å². The second kappa shape index (κ2) is 7.55. The number of fused-ring (bicyclic) bond motifs is 1. The van der Waals surface area contributed by atoms with Gasteiger partial charge in [-0.25, -0.2) is 0 Å². The minimum absolute atomic E-state index is 0.348. The van der Waals surface area contributed by atoms with Crippen LogP contribution in [0.3, 0.4) is 0 Å². The van der Waals surface area contributed by atoms with Crippen LogP contribution in [0.4, 0.5) is 0 Å². The number of carbonyl (C=O) groups excluding carboxylic acids is 1. The Morgan fingerprint density at radius 3 is 2.59 bits per heavy atom. The Hall–Kier alpha value is -3.26. The number of morpholine rings is 1.